The van der Waals surface area contributed by atoms with Crippen molar-refractivity contribution in [1.29, 1.82) is 0 Å². The third kappa shape index (κ3) is 3.36. The lowest BCUT2D eigenvalue weighted by Gasteiger charge is -2.24. The van der Waals surface area contributed by atoms with Crippen molar-refractivity contribution in [2.45, 2.75) is 19.4 Å². The molecule has 0 amide bonds. The zero-order valence-corrected chi connectivity index (χ0v) is 11.9. The summed E-state index contributed by atoms with van der Waals surface area (Å²) in [5.41, 5.74) is 2.33. The van der Waals surface area contributed by atoms with E-state index in [0.29, 0.717) is 17.8 Å². The maximum absolute atomic E-state index is 14.0. The Morgan fingerprint density at radius 3 is 2.45 bits per heavy atom. The van der Waals surface area contributed by atoms with Gasteiger partial charge in [0.15, 0.2) is 0 Å². The maximum Gasteiger partial charge on any atom is 0.146 e. The van der Waals surface area contributed by atoms with E-state index in [0.717, 1.165) is 6.42 Å². The second-order valence-electron chi connectivity index (χ2n) is 5.01. The Balaban J connectivity index is 2.15. The van der Waals surface area contributed by atoms with Gasteiger partial charge in [-0.15, -0.1) is 0 Å². The number of para-hydroxylation sites is 1. The van der Waals surface area contributed by atoms with Crippen molar-refractivity contribution >= 4 is 5.69 Å². The Hall–Kier alpha value is -1.87. The highest BCUT2D eigenvalue weighted by atomic mass is 19.1. The van der Waals surface area contributed by atoms with Crippen LogP contribution in [0, 0.1) is 5.82 Å². The highest BCUT2D eigenvalue weighted by molar-refractivity contribution is 5.55. The van der Waals surface area contributed by atoms with Crippen LogP contribution in [0.5, 0.6) is 0 Å². The molecular weight excluding hydrogens is 253 g/mol. The van der Waals surface area contributed by atoms with Crippen molar-refractivity contribution in [3.05, 3.63) is 65.5 Å². The van der Waals surface area contributed by atoms with E-state index in [1.807, 2.05) is 30.1 Å². The molecule has 2 rings (SSSR count). The minimum atomic E-state index is -0.681. The van der Waals surface area contributed by atoms with Crippen LogP contribution in [0.3, 0.4) is 0 Å². The maximum atomic E-state index is 14.0. The van der Waals surface area contributed by atoms with Crippen LogP contribution >= 0.6 is 0 Å². The predicted octanol–water partition coefficient (Wildman–Crippen LogP) is 3.56. The number of aliphatic hydroxyl groups is 1. The van der Waals surface area contributed by atoms with Crippen LogP contribution in [0.15, 0.2) is 48.5 Å². The average Bonchev–Trinajstić information content (AvgIpc) is 2.45. The lowest BCUT2D eigenvalue weighted by Crippen LogP contribution is -2.23. The van der Waals surface area contributed by atoms with Gasteiger partial charge in [0.05, 0.1) is 11.8 Å². The molecule has 0 radical (unpaired) electrons. The Kier molecular flexibility index (Phi) is 4.74. The molecule has 0 aliphatic rings. The van der Waals surface area contributed by atoms with Crippen LogP contribution < -0.4 is 4.90 Å². The third-order valence-electron chi connectivity index (χ3n) is 3.43. The van der Waals surface area contributed by atoms with Crippen molar-refractivity contribution in [3.8, 4) is 0 Å². The van der Waals surface area contributed by atoms with Gasteiger partial charge in [-0.05, 0) is 25.0 Å². The van der Waals surface area contributed by atoms with Crippen LogP contribution in [0.4, 0.5) is 10.1 Å². The molecule has 2 aromatic rings. The summed E-state index contributed by atoms with van der Waals surface area (Å²) < 4.78 is 14.0. The van der Waals surface area contributed by atoms with Gasteiger partial charge in [0.2, 0.25) is 0 Å². The molecule has 3 heteroatoms. The molecule has 20 heavy (non-hydrogen) atoms. The minimum Gasteiger partial charge on any atom is -0.389 e. The van der Waals surface area contributed by atoms with Crippen LogP contribution in [-0.2, 0) is 6.42 Å². The molecule has 0 aromatic heterocycles. The zero-order chi connectivity index (χ0) is 14.5. The summed E-state index contributed by atoms with van der Waals surface area (Å²) in [5.74, 6) is -0.293. The molecule has 2 aromatic carbocycles. The van der Waals surface area contributed by atoms with Crippen LogP contribution in [0.25, 0.3) is 0 Å². The topological polar surface area (TPSA) is 23.5 Å². The van der Waals surface area contributed by atoms with Gasteiger partial charge in [-0.2, -0.15) is 0 Å². The molecule has 0 saturated carbocycles. The number of anilines is 1. The minimum absolute atomic E-state index is 0.293. The van der Waals surface area contributed by atoms with Gasteiger partial charge in [-0.25, -0.2) is 4.39 Å². The normalized spacial score (nSPS) is 12.2. The number of likely N-dealkylation sites (N-methyl/N-ethyl adjacent to an activating group) is 1. The van der Waals surface area contributed by atoms with Gasteiger partial charge in [-0.1, -0.05) is 42.5 Å². The van der Waals surface area contributed by atoms with Gasteiger partial charge in [0.1, 0.15) is 5.82 Å². The zero-order valence-electron chi connectivity index (χ0n) is 11.9. The summed E-state index contributed by atoms with van der Waals surface area (Å²) in [6.07, 6.45) is 0.158. The van der Waals surface area contributed by atoms with Crippen LogP contribution in [0.1, 0.15) is 24.2 Å². The monoisotopic (exact) mass is 273 g/mol. The first kappa shape index (κ1) is 14.5. The van der Waals surface area contributed by atoms with E-state index in [9.17, 15) is 9.50 Å². The number of rotatable bonds is 5. The molecule has 1 unspecified atom stereocenters. The third-order valence-corrected chi connectivity index (χ3v) is 3.43. The first-order valence-corrected chi connectivity index (χ1v) is 6.81. The smallest absolute Gasteiger partial charge is 0.146 e. The van der Waals surface area contributed by atoms with Crippen molar-refractivity contribution < 1.29 is 9.50 Å². The molecule has 1 N–H and O–H groups in total. The van der Waals surface area contributed by atoms with Crippen molar-refractivity contribution in [3.63, 3.8) is 0 Å². The molecule has 0 bridgehead atoms. The number of hydrogen-bond donors (Lipinski definition) is 1. The first-order valence-electron chi connectivity index (χ1n) is 6.81. The average molecular weight is 273 g/mol. The van der Waals surface area contributed by atoms with E-state index in [2.05, 4.69) is 12.1 Å². The molecule has 0 heterocycles. The lowest BCUT2D eigenvalue weighted by molar-refractivity contribution is 0.199. The molecule has 1 atom stereocenters. The molecule has 106 valence electrons. The summed E-state index contributed by atoms with van der Waals surface area (Å²) in [4.78, 5) is 1.87. The second-order valence-corrected chi connectivity index (χ2v) is 5.01. The number of aliphatic hydroxyl groups excluding tert-OH is 1. The fraction of sp³-hybridized carbons (Fsp3) is 0.294. The molecule has 0 saturated heterocycles. The second kappa shape index (κ2) is 6.53. The Bertz CT molecular complexity index is 554. The molecule has 2 nitrogen and oxygen atoms in total. The Labute approximate surface area is 119 Å². The van der Waals surface area contributed by atoms with E-state index in [-0.39, 0.29) is 5.82 Å². The van der Waals surface area contributed by atoms with Crippen molar-refractivity contribution in [2.24, 2.45) is 0 Å². The van der Waals surface area contributed by atoms with E-state index >= 15 is 0 Å². The fourth-order valence-electron chi connectivity index (χ4n) is 2.33. The standard InChI is InChI=1S/C17H20FNO/c1-13(20)15-9-6-10-16(18)17(15)19(2)12-11-14-7-4-3-5-8-14/h3-10,13,20H,11-12H2,1-2H3. The van der Waals surface area contributed by atoms with E-state index in [4.69, 9.17) is 0 Å². The summed E-state index contributed by atoms with van der Waals surface area (Å²) in [6.45, 7) is 2.36. The number of nitrogens with zero attached hydrogens (tertiary/aromatic N) is 1. The van der Waals surface area contributed by atoms with Gasteiger partial charge < -0.3 is 10.0 Å². The SMILES string of the molecule is CC(O)c1cccc(F)c1N(C)CCc1ccccc1. The van der Waals surface area contributed by atoms with E-state index in [1.54, 1.807) is 19.1 Å². The Morgan fingerprint density at radius 2 is 1.80 bits per heavy atom. The highest BCUT2D eigenvalue weighted by Gasteiger charge is 2.15. The number of hydrogen-bond acceptors (Lipinski definition) is 2. The van der Waals surface area contributed by atoms with Gasteiger partial charge in [-0.3, -0.25) is 0 Å². The first-order chi connectivity index (χ1) is 9.59. The van der Waals surface area contributed by atoms with Crippen molar-refractivity contribution in [2.75, 3.05) is 18.5 Å². The van der Waals surface area contributed by atoms with Crippen LogP contribution in [-0.4, -0.2) is 18.7 Å². The van der Waals surface area contributed by atoms with Crippen LogP contribution in [0.2, 0.25) is 0 Å². The molecule has 0 fully saturated rings. The van der Waals surface area contributed by atoms with E-state index in [1.165, 1.54) is 11.6 Å². The number of halogens is 1. The molecular formula is C17H20FNO. The lowest BCUT2D eigenvalue weighted by atomic mass is 10.1. The largest absolute Gasteiger partial charge is 0.389 e. The summed E-state index contributed by atoms with van der Waals surface area (Å²) in [7, 11) is 1.85. The quantitative estimate of drug-likeness (QED) is 0.900. The molecule has 0 aliphatic carbocycles. The predicted molar refractivity (Wildman–Crippen MR) is 80.4 cm³/mol. The number of benzene rings is 2. The Morgan fingerprint density at radius 1 is 1.10 bits per heavy atom. The highest BCUT2D eigenvalue weighted by Crippen LogP contribution is 2.28. The molecule has 0 aliphatic heterocycles. The van der Waals surface area contributed by atoms with E-state index < -0.39 is 6.10 Å². The summed E-state index contributed by atoms with van der Waals surface area (Å²) in [6, 6.07) is 14.9. The summed E-state index contributed by atoms with van der Waals surface area (Å²) in [5, 5.41) is 9.77. The van der Waals surface area contributed by atoms with Crippen molar-refractivity contribution in [1.82, 2.24) is 0 Å². The van der Waals surface area contributed by atoms with Gasteiger partial charge in [0, 0.05) is 19.2 Å². The summed E-state index contributed by atoms with van der Waals surface area (Å²) >= 11 is 0. The van der Waals surface area contributed by atoms with Gasteiger partial charge >= 0.3 is 0 Å². The molecule has 0 spiro atoms. The fourth-order valence-corrected chi connectivity index (χ4v) is 2.33. The van der Waals surface area contributed by atoms with Gasteiger partial charge in [0.25, 0.3) is 0 Å².